The Labute approximate surface area is 107 Å². The number of benzene rings is 1. The zero-order valence-electron chi connectivity index (χ0n) is 10.4. The monoisotopic (exact) mass is 248 g/mol. The average Bonchev–Trinajstić information content (AvgIpc) is 2.38. The first kappa shape index (κ1) is 12.9. The number of nitrogens with one attached hydrogen (secondary N) is 2. The second-order valence-electron chi connectivity index (χ2n) is 4.92. The summed E-state index contributed by atoms with van der Waals surface area (Å²) in [6, 6.07) is 10.9. The van der Waals surface area contributed by atoms with Crippen LogP contribution in [0.4, 0.5) is 4.79 Å². The summed E-state index contributed by atoms with van der Waals surface area (Å²) >= 11 is 0. The molecule has 1 heterocycles. The Morgan fingerprint density at radius 2 is 2.17 bits per heavy atom. The third kappa shape index (κ3) is 4.04. The predicted octanol–water partition coefficient (Wildman–Crippen LogP) is 1.86. The van der Waals surface area contributed by atoms with Gasteiger partial charge in [0.2, 0.25) is 0 Å². The van der Waals surface area contributed by atoms with Gasteiger partial charge in [-0.25, -0.2) is 4.79 Å². The van der Waals surface area contributed by atoms with Crippen molar-refractivity contribution in [3.8, 4) is 0 Å². The van der Waals surface area contributed by atoms with Gasteiger partial charge in [0.25, 0.3) is 0 Å². The van der Waals surface area contributed by atoms with Crippen molar-refractivity contribution in [2.75, 3.05) is 13.1 Å². The Morgan fingerprint density at radius 1 is 1.39 bits per heavy atom. The van der Waals surface area contributed by atoms with E-state index < -0.39 is 6.09 Å². The summed E-state index contributed by atoms with van der Waals surface area (Å²) in [7, 11) is 0. The molecular formula is C14H20N2O2. The summed E-state index contributed by atoms with van der Waals surface area (Å²) in [6.45, 7) is 1.55. The highest BCUT2D eigenvalue weighted by atomic mass is 16.4. The van der Waals surface area contributed by atoms with Crippen LogP contribution < -0.4 is 10.6 Å². The molecule has 3 N–H and O–H groups in total. The first-order valence-electron chi connectivity index (χ1n) is 6.48. The number of amides is 1. The van der Waals surface area contributed by atoms with E-state index in [1.807, 2.05) is 6.07 Å². The summed E-state index contributed by atoms with van der Waals surface area (Å²) in [5, 5.41) is 14.6. The number of hydrogen-bond donors (Lipinski definition) is 3. The van der Waals surface area contributed by atoms with Crippen molar-refractivity contribution >= 4 is 6.09 Å². The van der Waals surface area contributed by atoms with Gasteiger partial charge < -0.3 is 15.7 Å². The second-order valence-corrected chi connectivity index (χ2v) is 4.92. The van der Waals surface area contributed by atoms with E-state index in [9.17, 15) is 4.79 Å². The van der Waals surface area contributed by atoms with Gasteiger partial charge in [-0.15, -0.1) is 0 Å². The Bertz CT molecular complexity index is 381. The van der Waals surface area contributed by atoms with E-state index in [1.54, 1.807) is 0 Å². The summed E-state index contributed by atoms with van der Waals surface area (Å²) in [5.41, 5.74) is 1.34. The lowest BCUT2D eigenvalue weighted by Gasteiger charge is -2.30. The van der Waals surface area contributed by atoms with Crippen LogP contribution in [0.2, 0.25) is 0 Å². The molecule has 0 radical (unpaired) electrons. The van der Waals surface area contributed by atoms with Gasteiger partial charge in [0.15, 0.2) is 0 Å². The van der Waals surface area contributed by atoms with Crippen LogP contribution >= 0.6 is 0 Å². The fraction of sp³-hybridized carbons (Fsp3) is 0.500. The van der Waals surface area contributed by atoms with Crippen molar-refractivity contribution in [3.63, 3.8) is 0 Å². The van der Waals surface area contributed by atoms with Gasteiger partial charge in [0, 0.05) is 12.6 Å². The molecule has 0 bridgehead atoms. The van der Waals surface area contributed by atoms with Crippen molar-refractivity contribution in [2.24, 2.45) is 5.92 Å². The van der Waals surface area contributed by atoms with Gasteiger partial charge in [0.05, 0.1) is 0 Å². The Balaban J connectivity index is 1.81. The molecule has 0 aliphatic carbocycles. The molecule has 1 fully saturated rings. The molecule has 98 valence electrons. The second kappa shape index (κ2) is 6.40. The van der Waals surface area contributed by atoms with Gasteiger partial charge in [-0.3, -0.25) is 0 Å². The summed E-state index contributed by atoms with van der Waals surface area (Å²) < 4.78 is 0. The van der Waals surface area contributed by atoms with Gasteiger partial charge in [-0.1, -0.05) is 30.3 Å². The van der Waals surface area contributed by atoms with E-state index in [0.717, 1.165) is 25.8 Å². The molecule has 18 heavy (non-hydrogen) atoms. The SMILES string of the molecule is O=C(O)NCC1CCNC(Cc2ccccc2)C1. The maximum Gasteiger partial charge on any atom is 0.404 e. The molecule has 1 amide bonds. The Morgan fingerprint density at radius 3 is 2.89 bits per heavy atom. The van der Waals surface area contributed by atoms with Crippen LogP contribution in [0.1, 0.15) is 18.4 Å². The summed E-state index contributed by atoms with van der Waals surface area (Å²) in [5.74, 6) is 0.455. The molecule has 1 aromatic carbocycles. The largest absolute Gasteiger partial charge is 0.465 e. The molecule has 1 aromatic rings. The van der Waals surface area contributed by atoms with Gasteiger partial charge in [0.1, 0.15) is 0 Å². The highest BCUT2D eigenvalue weighted by molar-refractivity contribution is 5.64. The molecule has 0 aromatic heterocycles. The van der Waals surface area contributed by atoms with Crippen LogP contribution in [0.3, 0.4) is 0 Å². The highest BCUT2D eigenvalue weighted by Crippen LogP contribution is 2.18. The number of piperidine rings is 1. The fourth-order valence-electron chi connectivity index (χ4n) is 2.57. The minimum atomic E-state index is -0.923. The fourth-order valence-corrected chi connectivity index (χ4v) is 2.57. The number of rotatable bonds is 4. The van der Waals surface area contributed by atoms with Crippen molar-refractivity contribution in [1.29, 1.82) is 0 Å². The van der Waals surface area contributed by atoms with Crippen LogP contribution in [-0.2, 0) is 6.42 Å². The van der Waals surface area contributed by atoms with Crippen LogP contribution in [0.5, 0.6) is 0 Å². The molecule has 4 heteroatoms. The molecule has 1 aliphatic heterocycles. The number of carboxylic acid groups (broad SMARTS) is 1. The molecule has 2 unspecified atom stereocenters. The third-order valence-corrected chi connectivity index (χ3v) is 3.47. The number of carbonyl (C=O) groups is 1. The topological polar surface area (TPSA) is 61.4 Å². The molecule has 4 nitrogen and oxygen atoms in total. The van der Waals surface area contributed by atoms with Crippen molar-refractivity contribution < 1.29 is 9.90 Å². The lowest BCUT2D eigenvalue weighted by molar-refractivity contribution is 0.189. The summed E-state index contributed by atoms with van der Waals surface area (Å²) in [6.07, 6.45) is 2.18. The van der Waals surface area contributed by atoms with E-state index in [2.05, 4.69) is 34.9 Å². The van der Waals surface area contributed by atoms with Gasteiger partial charge in [-0.2, -0.15) is 0 Å². The Hall–Kier alpha value is -1.55. The predicted molar refractivity (Wildman–Crippen MR) is 70.7 cm³/mol. The maximum atomic E-state index is 10.5. The molecule has 2 rings (SSSR count). The first-order valence-corrected chi connectivity index (χ1v) is 6.48. The van der Waals surface area contributed by atoms with Crippen LogP contribution in [0.25, 0.3) is 0 Å². The van der Waals surface area contributed by atoms with Crippen LogP contribution in [0.15, 0.2) is 30.3 Å². The standard InChI is InChI=1S/C14H20N2O2/c17-14(18)16-10-12-6-7-15-13(9-12)8-11-4-2-1-3-5-11/h1-5,12-13,15-16H,6-10H2,(H,17,18). The van der Waals surface area contributed by atoms with E-state index in [1.165, 1.54) is 5.56 Å². The average molecular weight is 248 g/mol. The number of hydrogen-bond acceptors (Lipinski definition) is 2. The van der Waals surface area contributed by atoms with Gasteiger partial charge in [-0.05, 0) is 37.3 Å². The van der Waals surface area contributed by atoms with Crippen LogP contribution in [-0.4, -0.2) is 30.3 Å². The normalized spacial score (nSPS) is 23.6. The van der Waals surface area contributed by atoms with Crippen molar-refractivity contribution in [3.05, 3.63) is 35.9 Å². The highest BCUT2D eigenvalue weighted by Gasteiger charge is 2.21. The molecule has 0 saturated carbocycles. The van der Waals surface area contributed by atoms with Gasteiger partial charge >= 0.3 is 6.09 Å². The minimum Gasteiger partial charge on any atom is -0.465 e. The molecular weight excluding hydrogens is 228 g/mol. The lowest BCUT2D eigenvalue weighted by atomic mass is 9.89. The van der Waals surface area contributed by atoms with Crippen molar-refractivity contribution in [2.45, 2.75) is 25.3 Å². The van der Waals surface area contributed by atoms with Crippen LogP contribution in [0, 0.1) is 5.92 Å². The first-order chi connectivity index (χ1) is 8.74. The minimum absolute atomic E-state index is 0.455. The maximum absolute atomic E-state index is 10.5. The smallest absolute Gasteiger partial charge is 0.404 e. The molecule has 2 atom stereocenters. The van der Waals surface area contributed by atoms with E-state index in [4.69, 9.17) is 5.11 Å². The molecule has 1 aliphatic rings. The van der Waals surface area contributed by atoms with Crippen molar-refractivity contribution in [1.82, 2.24) is 10.6 Å². The summed E-state index contributed by atoms with van der Waals surface area (Å²) in [4.78, 5) is 10.5. The lowest BCUT2D eigenvalue weighted by Crippen LogP contribution is -2.42. The zero-order valence-corrected chi connectivity index (χ0v) is 10.4. The van der Waals surface area contributed by atoms with E-state index in [-0.39, 0.29) is 0 Å². The third-order valence-electron chi connectivity index (χ3n) is 3.47. The zero-order chi connectivity index (χ0) is 12.8. The molecule has 1 saturated heterocycles. The van der Waals surface area contributed by atoms with E-state index in [0.29, 0.717) is 18.5 Å². The van der Waals surface area contributed by atoms with E-state index >= 15 is 0 Å². The molecule has 0 spiro atoms. The Kier molecular flexibility index (Phi) is 4.59. The quantitative estimate of drug-likeness (QED) is 0.762.